The quantitative estimate of drug-likeness (QED) is 0.687. The van der Waals surface area contributed by atoms with Crippen molar-refractivity contribution >= 4 is 12.2 Å². The van der Waals surface area contributed by atoms with Crippen molar-refractivity contribution in [1.29, 1.82) is 0 Å². The Morgan fingerprint density at radius 3 is 2.10 bits per heavy atom. The number of rotatable bonds is 3. The summed E-state index contributed by atoms with van der Waals surface area (Å²) >= 11 is 0. The summed E-state index contributed by atoms with van der Waals surface area (Å²) in [4.78, 5) is 8.55. The standard InChI is InChI=1S/C17H22N4/c1-12-10-13(2)20-16(19-12)21-18-11-14-6-8-15(9-7-14)17(3,4)5/h6-11H,1-5H3,(H,19,20,21). The zero-order chi connectivity index (χ0) is 15.5. The minimum absolute atomic E-state index is 0.168. The first-order valence-electron chi connectivity index (χ1n) is 7.06. The first-order valence-corrected chi connectivity index (χ1v) is 7.06. The third-order valence-electron chi connectivity index (χ3n) is 3.14. The maximum Gasteiger partial charge on any atom is 0.243 e. The number of benzene rings is 1. The molecule has 21 heavy (non-hydrogen) atoms. The molecular weight excluding hydrogens is 260 g/mol. The second-order valence-corrected chi connectivity index (χ2v) is 6.22. The van der Waals surface area contributed by atoms with Crippen molar-refractivity contribution in [2.24, 2.45) is 5.10 Å². The smallest absolute Gasteiger partial charge is 0.243 e. The van der Waals surface area contributed by atoms with E-state index < -0.39 is 0 Å². The van der Waals surface area contributed by atoms with Crippen LogP contribution in [0, 0.1) is 13.8 Å². The maximum absolute atomic E-state index is 4.28. The fraction of sp³-hybridized carbons (Fsp3) is 0.353. The number of nitrogens with zero attached hydrogens (tertiary/aromatic N) is 3. The third-order valence-corrected chi connectivity index (χ3v) is 3.14. The van der Waals surface area contributed by atoms with Crippen LogP contribution in [0.5, 0.6) is 0 Å². The molecule has 0 fully saturated rings. The Labute approximate surface area is 126 Å². The molecule has 4 heteroatoms. The predicted octanol–water partition coefficient (Wildman–Crippen LogP) is 3.84. The molecule has 2 aromatic rings. The van der Waals surface area contributed by atoms with Gasteiger partial charge in [-0.25, -0.2) is 15.4 Å². The highest BCUT2D eigenvalue weighted by molar-refractivity contribution is 5.80. The van der Waals surface area contributed by atoms with Crippen molar-refractivity contribution in [2.45, 2.75) is 40.0 Å². The summed E-state index contributed by atoms with van der Waals surface area (Å²) in [7, 11) is 0. The molecular formula is C17H22N4. The molecule has 0 amide bonds. The van der Waals surface area contributed by atoms with Gasteiger partial charge in [0.2, 0.25) is 5.95 Å². The molecule has 0 aliphatic carbocycles. The zero-order valence-corrected chi connectivity index (χ0v) is 13.3. The molecule has 0 atom stereocenters. The average Bonchev–Trinajstić information content (AvgIpc) is 2.37. The lowest BCUT2D eigenvalue weighted by Crippen LogP contribution is -2.10. The van der Waals surface area contributed by atoms with E-state index in [4.69, 9.17) is 0 Å². The van der Waals surface area contributed by atoms with Crippen LogP contribution in [0.3, 0.4) is 0 Å². The van der Waals surface area contributed by atoms with Gasteiger partial charge in [0, 0.05) is 11.4 Å². The Hall–Kier alpha value is -2.23. The van der Waals surface area contributed by atoms with Crippen LogP contribution in [0.4, 0.5) is 5.95 Å². The SMILES string of the molecule is Cc1cc(C)nc(NN=Cc2ccc(C(C)(C)C)cc2)n1. The second kappa shape index (κ2) is 6.04. The Balaban J connectivity index is 2.04. The molecule has 1 aromatic carbocycles. The largest absolute Gasteiger partial charge is 0.245 e. The summed E-state index contributed by atoms with van der Waals surface area (Å²) in [5.41, 5.74) is 7.24. The van der Waals surface area contributed by atoms with Crippen LogP contribution < -0.4 is 5.43 Å². The lowest BCUT2D eigenvalue weighted by molar-refractivity contribution is 0.590. The van der Waals surface area contributed by atoms with Gasteiger partial charge in [0.05, 0.1) is 6.21 Å². The molecule has 110 valence electrons. The minimum Gasteiger partial charge on any atom is -0.245 e. The Bertz CT molecular complexity index is 617. The van der Waals surface area contributed by atoms with Gasteiger partial charge in [0.1, 0.15) is 0 Å². The van der Waals surface area contributed by atoms with Gasteiger partial charge >= 0.3 is 0 Å². The number of hydrogen-bond acceptors (Lipinski definition) is 4. The molecule has 0 saturated heterocycles. The van der Waals surface area contributed by atoms with Gasteiger partial charge in [-0.2, -0.15) is 5.10 Å². The van der Waals surface area contributed by atoms with E-state index >= 15 is 0 Å². The van der Waals surface area contributed by atoms with Gasteiger partial charge in [-0.05, 0) is 36.5 Å². The number of hydrogen-bond donors (Lipinski definition) is 1. The van der Waals surface area contributed by atoms with Crippen LogP contribution in [0.15, 0.2) is 35.4 Å². The van der Waals surface area contributed by atoms with Crippen LogP contribution in [0.1, 0.15) is 43.3 Å². The molecule has 0 saturated carbocycles. The van der Waals surface area contributed by atoms with Crippen molar-refractivity contribution in [2.75, 3.05) is 5.43 Å². The van der Waals surface area contributed by atoms with Crippen molar-refractivity contribution in [1.82, 2.24) is 9.97 Å². The van der Waals surface area contributed by atoms with Gasteiger partial charge in [0.15, 0.2) is 0 Å². The van der Waals surface area contributed by atoms with Gasteiger partial charge in [-0.15, -0.1) is 0 Å². The molecule has 0 unspecified atom stereocenters. The predicted molar refractivity (Wildman–Crippen MR) is 87.9 cm³/mol. The van der Waals surface area contributed by atoms with E-state index in [0.29, 0.717) is 5.95 Å². The average molecular weight is 282 g/mol. The monoisotopic (exact) mass is 282 g/mol. The zero-order valence-electron chi connectivity index (χ0n) is 13.3. The number of nitrogens with one attached hydrogen (secondary N) is 1. The fourth-order valence-corrected chi connectivity index (χ4v) is 2.01. The Morgan fingerprint density at radius 1 is 1.00 bits per heavy atom. The normalized spacial score (nSPS) is 11.9. The van der Waals surface area contributed by atoms with Crippen LogP contribution in [0.2, 0.25) is 0 Å². The number of aromatic nitrogens is 2. The van der Waals surface area contributed by atoms with Crippen molar-refractivity contribution < 1.29 is 0 Å². The summed E-state index contributed by atoms with van der Waals surface area (Å²) in [6.45, 7) is 10.5. The van der Waals surface area contributed by atoms with Gasteiger partial charge in [0.25, 0.3) is 0 Å². The van der Waals surface area contributed by atoms with Crippen LogP contribution in [-0.2, 0) is 5.41 Å². The number of anilines is 1. The topological polar surface area (TPSA) is 50.2 Å². The molecule has 1 aromatic heterocycles. The molecule has 2 rings (SSSR count). The molecule has 0 radical (unpaired) electrons. The molecule has 1 N–H and O–H groups in total. The van der Waals surface area contributed by atoms with Crippen LogP contribution in [-0.4, -0.2) is 16.2 Å². The summed E-state index contributed by atoms with van der Waals surface area (Å²) in [6.07, 6.45) is 1.77. The fourth-order valence-electron chi connectivity index (χ4n) is 2.01. The molecule has 4 nitrogen and oxygen atoms in total. The Kier molecular flexibility index (Phi) is 4.36. The summed E-state index contributed by atoms with van der Waals surface area (Å²) in [5, 5.41) is 4.19. The summed E-state index contributed by atoms with van der Waals surface area (Å²) in [6, 6.07) is 10.3. The number of hydrazone groups is 1. The van der Waals surface area contributed by atoms with E-state index in [0.717, 1.165) is 17.0 Å². The van der Waals surface area contributed by atoms with E-state index in [2.05, 4.69) is 65.5 Å². The van der Waals surface area contributed by atoms with E-state index in [9.17, 15) is 0 Å². The highest BCUT2D eigenvalue weighted by atomic mass is 15.3. The van der Waals surface area contributed by atoms with Crippen LogP contribution >= 0.6 is 0 Å². The van der Waals surface area contributed by atoms with E-state index in [1.807, 2.05) is 19.9 Å². The highest BCUT2D eigenvalue weighted by Crippen LogP contribution is 2.21. The van der Waals surface area contributed by atoms with Gasteiger partial charge in [-0.3, -0.25) is 0 Å². The molecule has 0 spiro atoms. The summed E-state index contributed by atoms with van der Waals surface area (Å²) in [5.74, 6) is 0.523. The highest BCUT2D eigenvalue weighted by Gasteiger charge is 2.12. The lowest BCUT2D eigenvalue weighted by atomic mass is 9.87. The van der Waals surface area contributed by atoms with E-state index in [-0.39, 0.29) is 5.41 Å². The van der Waals surface area contributed by atoms with Gasteiger partial charge in [-0.1, -0.05) is 45.0 Å². The molecule has 1 heterocycles. The van der Waals surface area contributed by atoms with E-state index in [1.54, 1.807) is 6.21 Å². The summed E-state index contributed by atoms with van der Waals surface area (Å²) < 4.78 is 0. The first kappa shape index (κ1) is 15.2. The number of aryl methyl sites for hydroxylation is 2. The van der Waals surface area contributed by atoms with Crippen molar-refractivity contribution in [3.8, 4) is 0 Å². The maximum atomic E-state index is 4.28. The molecule has 0 aliphatic rings. The minimum atomic E-state index is 0.168. The second-order valence-electron chi connectivity index (χ2n) is 6.22. The third kappa shape index (κ3) is 4.38. The van der Waals surface area contributed by atoms with Crippen molar-refractivity contribution in [3.63, 3.8) is 0 Å². The molecule has 0 bridgehead atoms. The van der Waals surface area contributed by atoms with Crippen LogP contribution in [0.25, 0.3) is 0 Å². The van der Waals surface area contributed by atoms with Gasteiger partial charge < -0.3 is 0 Å². The first-order chi connectivity index (χ1) is 9.84. The van der Waals surface area contributed by atoms with E-state index in [1.165, 1.54) is 5.56 Å². The van der Waals surface area contributed by atoms with Crippen molar-refractivity contribution in [3.05, 3.63) is 52.8 Å². The lowest BCUT2D eigenvalue weighted by Gasteiger charge is -2.18. The Morgan fingerprint density at radius 2 is 1.57 bits per heavy atom. The molecule has 0 aliphatic heterocycles.